The minimum atomic E-state index is 0.0846. The highest BCUT2D eigenvalue weighted by Gasteiger charge is 2.31. The van der Waals surface area contributed by atoms with E-state index in [1.165, 1.54) is 0 Å². The summed E-state index contributed by atoms with van der Waals surface area (Å²) in [5, 5.41) is 6.49. The molecule has 3 aliphatic heterocycles. The molecule has 4 rings (SSSR count). The Kier molecular flexibility index (Phi) is 5.85. The van der Waals surface area contributed by atoms with Crippen LogP contribution in [0.3, 0.4) is 0 Å². The number of nitrogens with zero attached hydrogens (tertiary/aromatic N) is 4. The Morgan fingerprint density at radius 3 is 2.75 bits per heavy atom. The van der Waals surface area contributed by atoms with Crippen LogP contribution in [0, 0.1) is 5.92 Å². The second-order valence-electron chi connectivity index (χ2n) is 8.38. The van der Waals surface area contributed by atoms with Gasteiger partial charge in [-0.3, -0.25) is 0 Å². The van der Waals surface area contributed by atoms with E-state index in [4.69, 9.17) is 4.74 Å². The first-order valence-corrected chi connectivity index (χ1v) is 10.6. The summed E-state index contributed by atoms with van der Waals surface area (Å²) < 4.78 is 5.99. The Balaban J connectivity index is 1.37. The summed E-state index contributed by atoms with van der Waals surface area (Å²) >= 11 is 0. The van der Waals surface area contributed by atoms with Crippen LogP contribution in [0.25, 0.3) is 0 Å². The van der Waals surface area contributed by atoms with Crippen molar-refractivity contribution in [2.45, 2.75) is 57.7 Å². The summed E-state index contributed by atoms with van der Waals surface area (Å²) in [6.07, 6.45) is 6.00. The van der Waals surface area contributed by atoms with Gasteiger partial charge in [0.05, 0.1) is 12.1 Å². The molecule has 0 saturated carbocycles. The van der Waals surface area contributed by atoms with Gasteiger partial charge in [0.15, 0.2) is 0 Å². The molecule has 8 nitrogen and oxygen atoms in total. The standard InChI is InChI=1S/C20H32N6O2/c1-14(2)19-16(4-3-11-28-19)24-17-12-18(23-13-22-17)25-8-5-15(6-9-25)26-10-7-21-20(26)27/h12-16,19H,3-11H2,1-2H3,(H,21,27)(H,22,23,24)/t16-,19-/m0/s1. The lowest BCUT2D eigenvalue weighted by molar-refractivity contribution is -0.0203. The Morgan fingerprint density at radius 2 is 2.04 bits per heavy atom. The number of carbonyl (C=O) groups excluding carboxylic acids is 1. The molecule has 3 aliphatic rings. The summed E-state index contributed by atoms with van der Waals surface area (Å²) in [6.45, 7) is 8.67. The van der Waals surface area contributed by atoms with Crippen molar-refractivity contribution in [2.24, 2.45) is 5.92 Å². The zero-order valence-corrected chi connectivity index (χ0v) is 16.9. The van der Waals surface area contributed by atoms with Gasteiger partial charge in [-0.1, -0.05) is 13.8 Å². The third-order valence-corrected chi connectivity index (χ3v) is 6.13. The van der Waals surface area contributed by atoms with E-state index in [2.05, 4.69) is 45.4 Å². The van der Waals surface area contributed by atoms with Crippen molar-refractivity contribution in [2.75, 3.05) is 43.0 Å². The fourth-order valence-electron chi connectivity index (χ4n) is 4.64. The highest BCUT2D eigenvalue weighted by atomic mass is 16.5. The maximum Gasteiger partial charge on any atom is 0.317 e. The predicted octanol–water partition coefficient (Wildman–Crippen LogP) is 2.09. The number of ether oxygens (including phenoxy) is 1. The van der Waals surface area contributed by atoms with Crippen molar-refractivity contribution in [3.8, 4) is 0 Å². The predicted molar refractivity (Wildman–Crippen MR) is 109 cm³/mol. The molecule has 2 amide bonds. The lowest BCUT2D eigenvalue weighted by Crippen LogP contribution is -2.46. The molecule has 1 aromatic rings. The number of piperidine rings is 1. The van der Waals surface area contributed by atoms with Crippen molar-refractivity contribution in [3.63, 3.8) is 0 Å². The first kappa shape index (κ1) is 19.2. The number of urea groups is 1. The molecule has 0 radical (unpaired) electrons. The molecule has 0 unspecified atom stereocenters. The monoisotopic (exact) mass is 388 g/mol. The highest BCUT2D eigenvalue weighted by Crippen LogP contribution is 2.26. The highest BCUT2D eigenvalue weighted by molar-refractivity contribution is 5.76. The van der Waals surface area contributed by atoms with E-state index in [1.807, 2.05) is 4.90 Å². The van der Waals surface area contributed by atoms with E-state index in [0.29, 0.717) is 12.0 Å². The van der Waals surface area contributed by atoms with E-state index in [1.54, 1.807) is 6.33 Å². The van der Waals surface area contributed by atoms with Gasteiger partial charge in [0.25, 0.3) is 0 Å². The van der Waals surface area contributed by atoms with Crippen LogP contribution in [0.1, 0.15) is 39.5 Å². The molecule has 0 bridgehead atoms. The zero-order valence-electron chi connectivity index (χ0n) is 16.9. The summed E-state index contributed by atoms with van der Waals surface area (Å²) in [5.41, 5.74) is 0. The number of anilines is 2. The topological polar surface area (TPSA) is 82.6 Å². The Morgan fingerprint density at radius 1 is 1.21 bits per heavy atom. The molecule has 0 aliphatic carbocycles. The molecule has 2 atom stereocenters. The normalized spacial score (nSPS) is 26.6. The molecule has 3 saturated heterocycles. The van der Waals surface area contributed by atoms with Gasteiger partial charge in [-0.25, -0.2) is 14.8 Å². The lowest BCUT2D eigenvalue weighted by atomic mass is 9.93. The van der Waals surface area contributed by atoms with Gasteiger partial charge in [0, 0.05) is 44.9 Å². The van der Waals surface area contributed by atoms with Crippen LogP contribution in [0.5, 0.6) is 0 Å². The minimum Gasteiger partial charge on any atom is -0.376 e. The molecule has 0 spiro atoms. The molecule has 2 N–H and O–H groups in total. The Bertz CT molecular complexity index is 676. The smallest absolute Gasteiger partial charge is 0.317 e. The molecule has 8 heteroatoms. The maximum atomic E-state index is 11.9. The first-order chi connectivity index (χ1) is 13.6. The SMILES string of the molecule is CC(C)[C@@H]1OCCC[C@@H]1Nc1cc(N2CCC(N3CCNC3=O)CC2)ncn1. The third-order valence-electron chi connectivity index (χ3n) is 6.13. The number of aromatic nitrogens is 2. The second kappa shape index (κ2) is 8.51. The van der Waals surface area contributed by atoms with Gasteiger partial charge < -0.3 is 25.2 Å². The average molecular weight is 389 g/mol. The third kappa shape index (κ3) is 4.16. The summed E-state index contributed by atoms with van der Waals surface area (Å²) in [7, 11) is 0. The quantitative estimate of drug-likeness (QED) is 0.804. The molecule has 3 fully saturated rings. The van der Waals surface area contributed by atoms with Crippen LogP contribution in [0.2, 0.25) is 0 Å². The lowest BCUT2D eigenvalue weighted by Gasteiger charge is -2.37. The van der Waals surface area contributed by atoms with E-state index in [0.717, 1.165) is 70.1 Å². The van der Waals surface area contributed by atoms with E-state index in [9.17, 15) is 4.79 Å². The van der Waals surface area contributed by atoms with Crippen molar-refractivity contribution in [3.05, 3.63) is 12.4 Å². The molecule has 154 valence electrons. The molecule has 28 heavy (non-hydrogen) atoms. The Hall–Kier alpha value is -2.09. The number of hydrogen-bond donors (Lipinski definition) is 2. The first-order valence-electron chi connectivity index (χ1n) is 10.6. The number of rotatable bonds is 5. The zero-order chi connectivity index (χ0) is 19.5. The summed E-state index contributed by atoms with van der Waals surface area (Å²) in [4.78, 5) is 25.1. The van der Waals surface area contributed by atoms with Gasteiger partial charge in [-0.15, -0.1) is 0 Å². The average Bonchev–Trinajstić information content (AvgIpc) is 3.14. The van der Waals surface area contributed by atoms with Gasteiger partial charge in [0.2, 0.25) is 0 Å². The van der Waals surface area contributed by atoms with Crippen LogP contribution in [-0.2, 0) is 4.74 Å². The van der Waals surface area contributed by atoms with Crippen LogP contribution < -0.4 is 15.5 Å². The fraction of sp³-hybridized carbons (Fsp3) is 0.750. The van der Waals surface area contributed by atoms with Crippen molar-refractivity contribution in [1.82, 2.24) is 20.2 Å². The molecule has 4 heterocycles. The fourth-order valence-corrected chi connectivity index (χ4v) is 4.64. The van der Waals surface area contributed by atoms with Crippen LogP contribution >= 0.6 is 0 Å². The largest absolute Gasteiger partial charge is 0.376 e. The molecule has 1 aromatic heterocycles. The van der Waals surface area contributed by atoms with Crippen molar-refractivity contribution in [1.29, 1.82) is 0 Å². The summed E-state index contributed by atoms with van der Waals surface area (Å²) in [5.74, 6) is 2.30. The van der Waals surface area contributed by atoms with Crippen molar-refractivity contribution < 1.29 is 9.53 Å². The van der Waals surface area contributed by atoms with Crippen LogP contribution in [0.15, 0.2) is 12.4 Å². The number of amides is 2. The number of carbonyl (C=O) groups is 1. The Labute approximate surface area is 167 Å². The molecular weight excluding hydrogens is 356 g/mol. The number of hydrogen-bond acceptors (Lipinski definition) is 6. The van der Waals surface area contributed by atoms with E-state index in [-0.39, 0.29) is 18.2 Å². The van der Waals surface area contributed by atoms with Gasteiger partial charge >= 0.3 is 6.03 Å². The molecule has 0 aromatic carbocycles. The minimum absolute atomic E-state index is 0.0846. The maximum absolute atomic E-state index is 11.9. The van der Waals surface area contributed by atoms with Crippen LogP contribution in [0.4, 0.5) is 16.4 Å². The van der Waals surface area contributed by atoms with Gasteiger partial charge in [-0.2, -0.15) is 0 Å². The van der Waals surface area contributed by atoms with Crippen molar-refractivity contribution >= 4 is 17.7 Å². The van der Waals surface area contributed by atoms with E-state index >= 15 is 0 Å². The summed E-state index contributed by atoms with van der Waals surface area (Å²) in [6, 6.07) is 2.76. The second-order valence-corrected chi connectivity index (χ2v) is 8.38. The van der Waals surface area contributed by atoms with E-state index < -0.39 is 0 Å². The van der Waals surface area contributed by atoms with Gasteiger partial charge in [0.1, 0.15) is 18.0 Å². The molecular formula is C20H32N6O2. The number of nitrogens with one attached hydrogen (secondary N) is 2. The van der Waals surface area contributed by atoms with Crippen LogP contribution in [-0.4, -0.2) is 71.9 Å². The van der Waals surface area contributed by atoms with Gasteiger partial charge in [-0.05, 0) is 31.6 Å².